The van der Waals surface area contributed by atoms with Gasteiger partial charge in [0.1, 0.15) is 22.3 Å². The normalized spacial score (nSPS) is 11.5. The van der Waals surface area contributed by atoms with E-state index < -0.39 is 0 Å². The summed E-state index contributed by atoms with van der Waals surface area (Å²) < 4.78 is 18.0. The van der Waals surface area contributed by atoms with Gasteiger partial charge in [-0.15, -0.1) is 22.7 Å². The number of hydrogen-bond acceptors (Lipinski definition) is 6. The summed E-state index contributed by atoms with van der Waals surface area (Å²) in [5.41, 5.74) is 22.1. The lowest BCUT2D eigenvalue weighted by molar-refractivity contribution is 0.669. The summed E-state index contributed by atoms with van der Waals surface area (Å²) in [4.78, 5) is 4.65. The lowest BCUT2D eigenvalue weighted by Gasteiger charge is -2.26. The lowest BCUT2D eigenvalue weighted by Crippen LogP contribution is -2.09. The molecule has 452 valence electrons. The minimum Gasteiger partial charge on any atom is -0.455 e. The highest BCUT2D eigenvalue weighted by molar-refractivity contribution is 7.26. The zero-order chi connectivity index (χ0) is 63.5. The van der Waals surface area contributed by atoms with Crippen molar-refractivity contribution in [2.24, 2.45) is 0 Å². The molecule has 4 heterocycles. The second-order valence-corrected chi connectivity index (χ2v) is 26.3. The predicted molar refractivity (Wildman–Crippen MR) is 410 cm³/mol. The predicted octanol–water partition coefficient (Wildman–Crippen LogP) is 27.2. The minimum absolute atomic E-state index is 0.909. The Morgan fingerprint density at radius 2 is 0.469 bits per heavy atom. The van der Waals surface area contributed by atoms with E-state index in [9.17, 15) is 0 Å². The SMILES string of the molecule is c1ccc(-c2ccc(N(c3ccc(-c4cccc5c4sc4ccccc45)cc3)c3ccc(-c4cccc5c4sc4ccccc45)cc3)cc2)cc1.c1ccc(N(c2ccc(-c3cccc4c3oc3ccccc34)cc2)c2ccc(-c3cccc4c3oc3ccccc34)cc2)cc1. The van der Waals surface area contributed by atoms with Crippen molar-refractivity contribution in [3.8, 4) is 55.6 Å². The van der Waals surface area contributed by atoms with E-state index in [1.807, 2.05) is 46.9 Å². The largest absolute Gasteiger partial charge is 0.455 e. The Labute approximate surface area is 563 Å². The number of rotatable bonds is 11. The number of anilines is 6. The van der Waals surface area contributed by atoms with Crippen LogP contribution in [0.15, 0.2) is 361 Å². The van der Waals surface area contributed by atoms with E-state index in [0.717, 1.165) is 100 Å². The van der Waals surface area contributed by atoms with Gasteiger partial charge < -0.3 is 18.6 Å². The van der Waals surface area contributed by atoms with Gasteiger partial charge in [-0.2, -0.15) is 0 Å². The van der Waals surface area contributed by atoms with Crippen LogP contribution in [0, 0.1) is 0 Å². The number of benzene rings is 15. The van der Waals surface area contributed by atoms with Crippen molar-refractivity contribution in [1.29, 1.82) is 0 Å². The average Bonchev–Trinajstić information content (AvgIpc) is 1.59. The molecule has 0 aliphatic rings. The van der Waals surface area contributed by atoms with Crippen molar-refractivity contribution in [3.63, 3.8) is 0 Å². The Balaban J connectivity index is 0.000000141. The second kappa shape index (κ2) is 24.1. The molecule has 15 aromatic carbocycles. The number of thiophene rings is 2. The number of furan rings is 2. The number of hydrogen-bond donors (Lipinski definition) is 0. The first-order valence-electron chi connectivity index (χ1n) is 32.4. The van der Waals surface area contributed by atoms with E-state index in [-0.39, 0.29) is 0 Å². The van der Waals surface area contributed by atoms with Crippen LogP contribution in [0.25, 0.3) is 140 Å². The molecule has 0 unspecified atom stereocenters. The highest BCUT2D eigenvalue weighted by Gasteiger charge is 2.20. The monoisotopic (exact) mass is 1260 g/mol. The molecule has 0 aliphatic heterocycles. The molecule has 19 rings (SSSR count). The third-order valence-corrected chi connectivity index (χ3v) is 21.0. The fourth-order valence-electron chi connectivity index (χ4n) is 14.0. The van der Waals surface area contributed by atoms with Gasteiger partial charge in [-0.05, 0) is 142 Å². The summed E-state index contributed by atoms with van der Waals surface area (Å²) in [6, 6.07) is 126. The van der Waals surface area contributed by atoms with Gasteiger partial charge in [0, 0.05) is 107 Å². The van der Waals surface area contributed by atoms with E-state index in [2.05, 4.69) is 337 Å². The van der Waals surface area contributed by atoms with Gasteiger partial charge >= 0.3 is 0 Å². The molecule has 4 aromatic heterocycles. The molecule has 0 bridgehead atoms. The fourth-order valence-corrected chi connectivity index (χ4v) is 16.4. The highest BCUT2D eigenvalue weighted by Crippen LogP contribution is 2.46. The Morgan fingerprint density at radius 1 is 0.188 bits per heavy atom. The molecule has 96 heavy (non-hydrogen) atoms. The molecule has 4 nitrogen and oxygen atoms in total. The molecule has 0 spiro atoms. The third kappa shape index (κ3) is 10.2. The molecule has 0 amide bonds. The zero-order valence-electron chi connectivity index (χ0n) is 52.0. The van der Waals surface area contributed by atoms with Crippen molar-refractivity contribution in [3.05, 3.63) is 352 Å². The first-order chi connectivity index (χ1) is 47.6. The molecule has 0 atom stereocenters. The van der Waals surface area contributed by atoms with Crippen LogP contribution in [0.2, 0.25) is 0 Å². The Hall–Kier alpha value is -12.1. The van der Waals surface area contributed by atoms with Crippen LogP contribution in [0.5, 0.6) is 0 Å². The number of para-hydroxylation sites is 5. The lowest BCUT2D eigenvalue weighted by atomic mass is 10.0. The summed E-state index contributed by atoms with van der Waals surface area (Å²) in [7, 11) is 0. The molecule has 0 fully saturated rings. The van der Waals surface area contributed by atoms with Crippen LogP contribution >= 0.6 is 22.7 Å². The van der Waals surface area contributed by atoms with Crippen LogP contribution in [-0.4, -0.2) is 0 Å². The van der Waals surface area contributed by atoms with E-state index in [0.29, 0.717) is 0 Å². The highest BCUT2D eigenvalue weighted by atomic mass is 32.1. The van der Waals surface area contributed by atoms with Crippen molar-refractivity contribution in [2.45, 2.75) is 0 Å². The molecule has 0 N–H and O–H groups in total. The molecule has 0 saturated heterocycles. The first-order valence-corrected chi connectivity index (χ1v) is 34.1. The summed E-state index contributed by atoms with van der Waals surface area (Å²) in [5, 5.41) is 9.85. The summed E-state index contributed by atoms with van der Waals surface area (Å²) in [5.74, 6) is 0. The molecule has 0 radical (unpaired) electrons. The standard InChI is InChI=1S/C48H31NS2.C42H27NO2/c1-2-10-32(11-3-1)33-20-26-36(27-21-33)49(37-28-22-34(23-29-37)39-14-8-16-43-41-12-4-6-18-45(41)50-47(39)43)38-30-24-35(25-31-38)40-15-9-17-44-42-13-5-7-19-46(42)51-48(40)44;1-2-10-30(11-3-1)43(31-24-20-28(21-25-31)33-14-8-16-37-35-12-4-6-18-39(35)44-41(33)37)32-26-22-29(23-27-32)34-15-9-17-38-36-13-5-7-19-40(36)45-42(34)38/h1-31H;1-27H. The average molecular weight is 1260 g/mol. The molecule has 0 aliphatic carbocycles. The summed E-state index contributed by atoms with van der Waals surface area (Å²) >= 11 is 3.76. The van der Waals surface area contributed by atoms with Crippen molar-refractivity contribution < 1.29 is 8.83 Å². The number of nitrogens with zero attached hydrogens (tertiary/aromatic N) is 2. The second-order valence-electron chi connectivity index (χ2n) is 24.2. The van der Waals surface area contributed by atoms with Gasteiger partial charge in [-0.1, -0.05) is 255 Å². The van der Waals surface area contributed by atoms with Gasteiger partial charge in [0.25, 0.3) is 0 Å². The summed E-state index contributed by atoms with van der Waals surface area (Å²) in [6.07, 6.45) is 0. The molecular formula is C90H58N2O2S2. The van der Waals surface area contributed by atoms with Gasteiger partial charge in [0.15, 0.2) is 0 Å². The topological polar surface area (TPSA) is 32.8 Å². The van der Waals surface area contributed by atoms with Gasteiger partial charge in [-0.3, -0.25) is 0 Å². The van der Waals surface area contributed by atoms with E-state index in [1.165, 1.54) is 73.7 Å². The van der Waals surface area contributed by atoms with Crippen LogP contribution in [-0.2, 0) is 0 Å². The molecule has 0 saturated carbocycles. The molecule has 6 heteroatoms. The zero-order valence-corrected chi connectivity index (χ0v) is 53.6. The van der Waals surface area contributed by atoms with E-state index in [4.69, 9.17) is 8.83 Å². The van der Waals surface area contributed by atoms with Crippen LogP contribution in [0.3, 0.4) is 0 Å². The van der Waals surface area contributed by atoms with Gasteiger partial charge in [0.05, 0.1) is 0 Å². The van der Waals surface area contributed by atoms with Crippen molar-refractivity contribution in [2.75, 3.05) is 9.80 Å². The van der Waals surface area contributed by atoms with Crippen LogP contribution in [0.1, 0.15) is 0 Å². The van der Waals surface area contributed by atoms with Gasteiger partial charge in [0.2, 0.25) is 0 Å². The van der Waals surface area contributed by atoms with Gasteiger partial charge in [-0.25, -0.2) is 0 Å². The van der Waals surface area contributed by atoms with Crippen LogP contribution in [0.4, 0.5) is 34.1 Å². The third-order valence-electron chi connectivity index (χ3n) is 18.6. The maximum absolute atomic E-state index is 6.33. The quantitative estimate of drug-likeness (QED) is 0.129. The Kier molecular flexibility index (Phi) is 14.2. The maximum atomic E-state index is 6.33. The molecular weight excluding hydrogens is 1210 g/mol. The summed E-state index contributed by atoms with van der Waals surface area (Å²) in [6.45, 7) is 0. The maximum Gasteiger partial charge on any atom is 0.143 e. The van der Waals surface area contributed by atoms with E-state index in [1.54, 1.807) is 0 Å². The van der Waals surface area contributed by atoms with Crippen molar-refractivity contribution in [1.82, 2.24) is 0 Å². The van der Waals surface area contributed by atoms with Crippen molar-refractivity contribution >= 4 is 141 Å². The smallest absolute Gasteiger partial charge is 0.143 e. The minimum atomic E-state index is 0.909. The number of fused-ring (bicyclic) bond motifs is 12. The molecule has 19 aromatic rings. The van der Waals surface area contributed by atoms with E-state index >= 15 is 0 Å². The first kappa shape index (κ1) is 56.7. The van der Waals surface area contributed by atoms with Crippen LogP contribution < -0.4 is 9.80 Å². The fraction of sp³-hybridized carbons (Fsp3) is 0. The Morgan fingerprint density at radius 3 is 0.875 bits per heavy atom. The Bertz CT molecular complexity index is 5740.